The number of piperidine rings is 1. The van der Waals surface area contributed by atoms with Gasteiger partial charge < -0.3 is 4.74 Å². The summed E-state index contributed by atoms with van der Waals surface area (Å²) < 4.78 is 5.12. The molecule has 0 aromatic heterocycles. The Morgan fingerprint density at radius 2 is 1.72 bits per heavy atom. The largest absolute Gasteiger partial charge is 0.454 e. The highest BCUT2D eigenvalue weighted by Gasteiger charge is 2.43. The third-order valence-corrected chi connectivity index (χ3v) is 6.04. The molecule has 2 amide bonds. The first-order valence-electron chi connectivity index (χ1n) is 10.9. The number of amides is 2. The molecule has 0 spiro atoms. The first-order valence-corrected chi connectivity index (χ1v) is 10.9. The van der Waals surface area contributed by atoms with Crippen LogP contribution in [0, 0.1) is 5.92 Å². The summed E-state index contributed by atoms with van der Waals surface area (Å²) in [4.78, 5) is 53.3. The Hall–Kier alpha value is -3.32. The fourth-order valence-corrected chi connectivity index (χ4v) is 4.35. The molecule has 0 radical (unpaired) electrons. The maximum Gasteiger partial charge on any atom is 0.338 e. The van der Waals surface area contributed by atoms with Crippen LogP contribution in [0.4, 0.5) is 5.69 Å². The number of carbonyl (C=O) groups excluding carboxylic acids is 4. The van der Waals surface area contributed by atoms with E-state index in [1.807, 2.05) is 0 Å². The lowest BCUT2D eigenvalue weighted by atomic mass is 9.98. The van der Waals surface area contributed by atoms with Gasteiger partial charge in [-0.25, -0.2) is 9.69 Å². The number of imide groups is 1. The zero-order valence-electron chi connectivity index (χ0n) is 18.0. The van der Waals surface area contributed by atoms with Crippen molar-refractivity contribution in [1.82, 2.24) is 4.90 Å². The van der Waals surface area contributed by atoms with Crippen molar-refractivity contribution in [3.63, 3.8) is 0 Å². The molecule has 2 fully saturated rings. The molecule has 32 heavy (non-hydrogen) atoms. The fraction of sp³-hybridized carbons (Fsp3) is 0.360. The van der Waals surface area contributed by atoms with Crippen molar-refractivity contribution >= 4 is 29.3 Å². The van der Waals surface area contributed by atoms with Crippen LogP contribution in [0.15, 0.2) is 54.6 Å². The fourth-order valence-electron chi connectivity index (χ4n) is 4.35. The Labute approximate surface area is 187 Å². The van der Waals surface area contributed by atoms with Gasteiger partial charge in [-0.05, 0) is 49.6 Å². The molecule has 0 bridgehead atoms. The lowest BCUT2D eigenvalue weighted by molar-refractivity contribution is -0.123. The van der Waals surface area contributed by atoms with E-state index in [4.69, 9.17) is 4.74 Å². The second kappa shape index (κ2) is 9.44. The average molecular weight is 434 g/mol. The second-order valence-corrected chi connectivity index (χ2v) is 8.44. The van der Waals surface area contributed by atoms with Crippen molar-refractivity contribution in [2.45, 2.75) is 32.2 Å². The number of hydrogen-bond donors (Lipinski definition) is 0. The van der Waals surface area contributed by atoms with Gasteiger partial charge in [0.25, 0.3) is 5.91 Å². The number of anilines is 1. The van der Waals surface area contributed by atoms with Crippen LogP contribution in [-0.4, -0.2) is 54.2 Å². The third kappa shape index (κ3) is 4.62. The number of ether oxygens (including phenoxy) is 1. The molecule has 2 atom stereocenters. The molecule has 0 N–H and O–H groups in total. The highest BCUT2D eigenvalue weighted by molar-refractivity contribution is 6.22. The van der Waals surface area contributed by atoms with Gasteiger partial charge in [-0.1, -0.05) is 37.3 Å². The molecular weight excluding hydrogens is 408 g/mol. The van der Waals surface area contributed by atoms with Gasteiger partial charge in [0.05, 0.1) is 23.7 Å². The van der Waals surface area contributed by atoms with E-state index in [0.29, 0.717) is 17.2 Å². The van der Waals surface area contributed by atoms with Gasteiger partial charge in [0, 0.05) is 12.1 Å². The number of likely N-dealkylation sites (tertiary alicyclic amines) is 1. The number of Topliss-reactive ketones (excluding diaryl/α,β-unsaturated/α-hetero) is 1. The number of rotatable bonds is 6. The lowest BCUT2D eigenvalue weighted by Crippen LogP contribution is -2.46. The van der Waals surface area contributed by atoms with Crippen molar-refractivity contribution in [2.75, 3.05) is 24.6 Å². The summed E-state index contributed by atoms with van der Waals surface area (Å²) in [6.07, 6.45) is 2.35. The van der Waals surface area contributed by atoms with E-state index in [1.165, 1.54) is 17.0 Å². The number of hydrogen-bond acceptors (Lipinski definition) is 6. The molecule has 0 saturated carbocycles. The quantitative estimate of drug-likeness (QED) is 0.395. The predicted octanol–water partition coefficient (Wildman–Crippen LogP) is 3.09. The smallest absolute Gasteiger partial charge is 0.338 e. The molecule has 2 aliphatic heterocycles. The molecule has 2 aliphatic rings. The first-order chi connectivity index (χ1) is 15.4. The van der Waals surface area contributed by atoms with Crippen LogP contribution in [0.3, 0.4) is 0 Å². The summed E-state index contributed by atoms with van der Waals surface area (Å²) in [5.41, 5.74) is 1.15. The maximum atomic E-state index is 13.0. The van der Waals surface area contributed by atoms with E-state index in [1.54, 1.807) is 42.5 Å². The number of carbonyl (C=O) groups is 4. The molecule has 0 aliphatic carbocycles. The predicted molar refractivity (Wildman–Crippen MR) is 118 cm³/mol. The number of ketones is 1. The molecule has 4 rings (SSSR count). The van der Waals surface area contributed by atoms with Gasteiger partial charge in [0.1, 0.15) is 0 Å². The van der Waals surface area contributed by atoms with Gasteiger partial charge in [-0.15, -0.1) is 0 Å². The number of esters is 1. The zero-order valence-corrected chi connectivity index (χ0v) is 18.0. The van der Waals surface area contributed by atoms with Crippen LogP contribution in [0.2, 0.25) is 0 Å². The van der Waals surface area contributed by atoms with Gasteiger partial charge in [0.15, 0.2) is 12.4 Å². The Kier molecular flexibility index (Phi) is 6.46. The first kappa shape index (κ1) is 21.9. The van der Waals surface area contributed by atoms with E-state index in [9.17, 15) is 19.2 Å². The summed E-state index contributed by atoms with van der Waals surface area (Å²) >= 11 is 0. The van der Waals surface area contributed by atoms with Crippen LogP contribution in [0.1, 0.15) is 46.9 Å². The van der Waals surface area contributed by atoms with Crippen molar-refractivity contribution in [2.24, 2.45) is 5.92 Å². The normalized spacial score (nSPS) is 21.6. The summed E-state index contributed by atoms with van der Waals surface area (Å²) in [7, 11) is 0. The molecule has 7 nitrogen and oxygen atoms in total. The molecule has 2 saturated heterocycles. The van der Waals surface area contributed by atoms with Gasteiger partial charge in [0.2, 0.25) is 5.91 Å². The summed E-state index contributed by atoms with van der Waals surface area (Å²) in [5.74, 6) is -0.864. The Balaban J connectivity index is 1.38. The minimum atomic E-state index is -0.639. The van der Waals surface area contributed by atoms with E-state index in [0.717, 1.165) is 25.9 Å². The van der Waals surface area contributed by atoms with E-state index in [-0.39, 0.29) is 36.2 Å². The monoisotopic (exact) mass is 434 g/mol. The van der Waals surface area contributed by atoms with Crippen molar-refractivity contribution in [3.05, 3.63) is 65.7 Å². The minimum Gasteiger partial charge on any atom is -0.454 e. The summed E-state index contributed by atoms with van der Waals surface area (Å²) in [6, 6.07) is 14.3. The van der Waals surface area contributed by atoms with Gasteiger partial charge >= 0.3 is 5.97 Å². The van der Waals surface area contributed by atoms with E-state index in [2.05, 4.69) is 11.8 Å². The van der Waals surface area contributed by atoms with Crippen LogP contribution in [-0.2, 0) is 14.3 Å². The topological polar surface area (TPSA) is 84.0 Å². The van der Waals surface area contributed by atoms with Crippen LogP contribution in [0.5, 0.6) is 0 Å². The van der Waals surface area contributed by atoms with Crippen LogP contribution < -0.4 is 4.90 Å². The van der Waals surface area contributed by atoms with Crippen LogP contribution in [0.25, 0.3) is 0 Å². The van der Waals surface area contributed by atoms with Crippen molar-refractivity contribution in [1.29, 1.82) is 0 Å². The lowest BCUT2D eigenvalue weighted by Gasteiger charge is -2.34. The average Bonchev–Trinajstić information content (AvgIpc) is 3.11. The van der Waals surface area contributed by atoms with Crippen molar-refractivity contribution < 1.29 is 23.9 Å². The van der Waals surface area contributed by atoms with Crippen LogP contribution >= 0.6 is 0 Å². The zero-order chi connectivity index (χ0) is 22.7. The molecule has 166 valence electrons. The van der Waals surface area contributed by atoms with Crippen molar-refractivity contribution in [3.8, 4) is 0 Å². The van der Waals surface area contributed by atoms with E-state index < -0.39 is 12.0 Å². The molecule has 2 unspecified atom stereocenters. The number of nitrogens with zero attached hydrogens (tertiary/aromatic N) is 2. The summed E-state index contributed by atoms with van der Waals surface area (Å²) in [6.45, 7) is 3.46. The molecule has 2 aromatic carbocycles. The number of benzene rings is 2. The third-order valence-electron chi connectivity index (χ3n) is 6.04. The standard InChI is InChI=1S/C25H26N2O5/c1-17-6-5-13-26(15-17)21-14-23(29)27(24(21)30)20-11-9-19(10-12-20)25(31)32-16-22(28)18-7-3-2-4-8-18/h2-4,7-12,17,21H,5-6,13-16H2,1H3. The molecular formula is C25H26N2O5. The highest BCUT2D eigenvalue weighted by atomic mass is 16.5. The molecule has 7 heteroatoms. The maximum absolute atomic E-state index is 13.0. The Bertz CT molecular complexity index is 1020. The Morgan fingerprint density at radius 1 is 1.00 bits per heavy atom. The summed E-state index contributed by atoms with van der Waals surface area (Å²) in [5, 5.41) is 0. The van der Waals surface area contributed by atoms with E-state index >= 15 is 0 Å². The second-order valence-electron chi connectivity index (χ2n) is 8.44. The molecule has 2 heterocycles. The minimum absolute atomic E-state index is 0.178. The van der Waals surface area contributed by atoms with Gasteiger partial charge in [-0.3, -0.25) is 19.3 Å². The molecule has 2 aromatic rings. The SMILES string of the molecule is CC1CCCN(C2CC(=O)N(c3ccc(C(=O)OCC(=O)c4ccccc4)cc3)C2=O)C1. The van der Waals surface area contributed by atoms with Gasteiger partial charge in [-0.2, -0.15) is 0 Å². The Morgan fingerprint density at radius 3 is 2.41 bits per heavy atom. The highest BCUT2D eigenvalue weighted by Crippen LogP contribution is 2.28.